The minimum Gasteiger partial charge on any atom is -0.495 e. The van der Waals surface area contributed by atoms with Crippen molar-refractivity contribution < 1.29 is 22.8 Å². The Kier molecular flexibility index (Phi) is 6.03. The zero-order chi connectivity index (χ0) is 24.0. The van der Waals surface area contributed by atoms with E-state index in [4.69, 9.17) is 4.74 Å². The number of piperidine rings is 1. The molecule has 2 heterocycles. The van der Waals surface area contributed by atoms with Gasteiger partial charge in [-0.25, -0.2) is 0 Å². The number of fused-ring (bicyclic) bond motifs is 2. The van der Waals surface area contributed by atoms with Crippen LogP contribution in [-0.4, -0.2) is 43.1 Å². The smallest absolute Gasteiger partial charge is 0.416 e. The fourth-order valence-electron chi connectivity index (χ4n) is 5.38. The van der Waals surface area contributed by atoms with Crippen molar-refractivity contribution >= 4 is 17.1 Å². The summed E-state index contributed by atoms with van der Waals surface area (Å²) in [4.78, 5) is 15.2. The number of benzene rings is 2. The zero-order valence-electron chi connectivity index (χ0n) is 19.0. The molecule has 9 heteroatoms. The molecule has 0 unspecified atom stereocenters. The third-order valence-corrected chi connectivity index (χ3v) is 6.73. The van der Waals surface area contributed by atoms with Gasteiger partial charge in [-0.2, -0.15) is 13.2 Å². The molecule has 0 aliphatic carbocycles. The van der Waals surface area contributed by atoms with Gasteiger partial charge >= 0.3 is 6.18 Å². The molecule has 33 heavy (non-hydrogen) atoms. The number of nitrogens with zero attached hydrogens (tertiary/aromatic N) is 3. The number of nitro benzene ring substituents is 1. The Morgan fingerprint density at radius 3 is 2.39 bits per heavy atom. The van der Waals surface area contributed by atoms with Crippen LogP contribution in [0.2, 0.25) is 0 Å². The second-order valence-corrected chi connectivity index (χ2v) is 9.34. The van der Waals surface area contributed by atoms with Crippen LogP contribution in [0.4, 0.5) is 30.2 Å². The van der Waals surface area contributed by atoms with Crippen LogP contribution in [0.1, 0.15) is 37.8 Å². The summed E-state index contributed by atoms with van der Waals surface area (Å²) in [6, 6.07) is 8.60. The maximum Gasteiger partial charge on any atom is 0.416 e. The van der Waals surface area contributed by atoms with Crippen molar-refractivity contribution in [2.45, 2.75) is 38.3 Å². The van der Waals surface area contributed by atoms with E-state index in [0.717, 1.165) is 12.6 Å². The van der Waals surface area contributed by atoms with E-state index in [1.54, 1.807) is 23.1 Å². The molecule has 1 spiro atoms. The number of alkyl halides is 3. The molecular formula is C24H28F3N3O3. The topological polar surface area (TPSA) is 58.9 Å². The van der Waals surface area contributed by atoms with Gasteiger partial charge in [-0.15, -0.1) is 0 Å². The van der Waals surface area contributed by atoms with E-state index in [1.165, 1.54) is 19.2 Å². The molecule has 0 saturated carbocycles. The first-order valence-electron chi connectivity index (χ1n) is 11.1. The van der Waals surface area contributed by atoms with E-state index >= 15 is 0 Å². The first-order valence-corrected chi connectivity index (χ1v) is 11.1. The second kappa shape index (κ2) is 8.52. The lowest BCUT2D eigenvalue weighted by Crippen LogP contribution is -2.46. The Bertz CT molecular complexity index is 1050. The highest BCUT2D eigenvalue weighted by Gasteiger charge is 2.52. The summed E-state index contributed by atoms with van der Waals surface area (Å²) >= 11 is 0. The molecule has 0 atom stereocenters. The van der Waals surface area contributed by atoms with Crippen LogP contribution in [-0.2, 0) is 11.6 Å². The van der Waals surface area contributed by atoms with Crippen LogP contribution in [0.25, 0.3) is 0 Å². The molecule has 2 aromatic rings. The lowest BCUT2D eigenvalue weighted by Gasteiger charge is -2.41. The maximum absolute atomic E-state index is 14.2. The Morgan fingerprint density at radius 1 is 1.15 bits per heavy atom. The molecule has 2 aliphatic rings. The van der Waals surface area contributed by atoms with Crippen molar-refractivity contribution in [2.24, 2.45) is 5.92 Å². The van der Waals surface area contributed by atoms with Gasteiger partial charge < -0.3 is 14.5 Å². The number of nitro groups is 1. The normalized spacial score (nSPS) is 18.1. The number of anilines is 2. The second-order valence-electron chi connectivity index (χ2n) is 9.34. The molecule has 0 bridgehead atoms. The van der Waals surface area contributed by atoms with Crippen molar-refractivity contribution in [1.29, 1.82) is 0 Å². The van der Waals surface area contributed by atoms with Crippen LogP contribution < -0.4 is 9.64 Å². The Labute approximate surface area is 191 Å². The number of rotatable bonds is 5. The lowest BCUT2D eigenvalue weighted by molar-refractivity contribution is -0.384. The fraction of sp³-hybridized carbons (Fsp3) is 0.500. The predicted octanol–water partition coefficient (Wildman–Crippen LogP) is 5.76. The molecule has 1 saturated heterocycles. The van der Waals surface area contributed by atoms with Crippen LogP contribution in [0.5, 0.6) is 5.75 Å². The van der Waals surface area contributed by atoms with E-state index in [-0.39, 0.29) is 29.2 Å². The largest absolute Gasteiger partial charge is 0.495 e. The number of hydrogen-bond acceptors (Lipinski definition) is 5. The van der Waals surface area contributed by atoms with E-state index in [2.05, 4.69) is 18.7 Å². The third-order valence-electron chi connectivity index (χ3n) is 6.73. The van der Waals surface area contributed by atoms with Gasteiger partial charge in [0.25, 0.3) is 5.69 Å². The third kappa shape index (κ3) is 4.14. The average Bonchev–Trinajstić information content (AvgIpc) is 3.08. The van der Waals surface area contributed by atoms with Crippen molar-refractivity contribution in [1.82, 2.24) is 4.90 Å². The SMILES string of the molecule is COc1ccc(C(F)(F)F)c2c1N(c1ccccc1[N+](=O)[O-])CC21CCN(CC(C)C)CC1. The average molecular weight is 464 g/mol. The molecule has 2 aromatic carbocycles. The van der Waals surface area contributed by atoms with Gasteiger partial charge in [0.05, 0.1) is 23.3 Å². The summed E-state index contributed by atoms with van der Waals surface area (Å²) in [6.07, 6.45) is -3.46. The van der Waals surface area contributed by atoms with E-state index in [1.807, 2.05) is 0 Å². The summed E-state index contributed by atoms with van der Waals surface area (Å²) in [5.41, 5.74) is -0.821. The number of halogens is 3. The van der Waals surface area contributed by atoms with Crippen LogP contribution in [0, 0.1) is 16.0 Å². The minimum atomic E-state index is -4.54. The Balaban J connectivity index is 1.90. The number of hydrogen-bond donors (Lipinski definition) is 0. The molecular weight excluding hydrogens is 435 g/mol. The van der Waals surface area contributed by atoms with Crippen LogP contribution >= 0.6 is 0 Å². The lowest BCUT2D eigenvalue weighted by atomic mass is 9.72. The van der Waals surface area contributed by atoms with Crippen LogP contribution in [0.3, 0.4) is 0 Å². The number of likely N-dealkylation sites (tertiary alicyclic amines) is 1. The first kappa shape index (κ1) is 23.4. The molecule has 2 aliphatic heterocycles. The number of methoxy groups -OCH3 is 1. The van der Waals surface area contributed by atoms with Gasteiger partial charge in [0.2, 0.25) is 0 Å². The number of para-hydroxylation sites is 2. The summed E-state index contributed by atoms with van der Waals surface area (Å²) in [6.45, 7) is 6.73. The zero-order valence-corrected chi connectivity index (χ0v) is 19.0. The van der Waals surface area contributed by atoms with Crippen molar-refractivity contribution in [3.8, 4) is 5.75 Å². The molecule has 0 amide bonds. The predicted molar refractivity (Wildman–Crippen MR) is 120 cm³/mol. The molecule has 0 aromatic heterocycles. The Hall–Kier alpha value is -2.81. The monoisotopic (exact) mass is 463 g/mol. The van der Waals surface area contributed by atoms with Crippen molar-refractivity contribution in [3.63, 3.8) is 0 Å². The molecule has 0 N–H and O–H groups in total. The van der Waals surface area contributed by atoms with Crippen LogP contribution in [0.15, 0.2) is 36.4 Å². The first-order chi connectivity index (χ1) is 15.6. The van der Waals surface area contributed by atoms with Gasteiger partial charge in [-0.05, 0) is 55.6 Å². The molecule has 1 fully saturated rings. The summed E-state index contributed by atoms with van der Waals surface area (Å²) in [7, 11) is 1.41. The number of ether oxygens (including phenoxy) is 1. The van der Waals surface area contributed by atoms with Crippen molar-refractivity contribution in [2.75, 3.05) is 38.2 Å². The fourth-order valence-corrected chi connectivity index (χ4v) is 5.38. The van der Waals surface area contributed by atoms with Gasteiger partial charge in [0.1, 0.15) is 11.4 Å². The van der Waals surface area contributed by atoms with E-state index in [9.17, 15) is 23.3 Å². The van der Waals surface area contributed by atoms with Gasteiger partial charge in [0, 0.05) is 24.6 Å². The van der Waals surface area contributed by atoms with Gasteiger partial charge in [-0.3, -0.25) is 10.1 Å². The van der Waals surface area contributed by atoms with Gasteiger partial charge in [0.15, 0.2) is 0 Å². The minimum absolute atomic E-state index is 0.141. The highest BCUT2D eigenvalue weighted by atomic mass is 19.4. The summed E-state index contributed by atoms with van der Waals surface area (Å²) in [5, 5.41) is 11.7. The van der Waals surface area contributed by atoms with Gasteiger partial charge in [-0.1, -0.05) is 26.0 Å². The highest BCUT2D eigenvalue weighted by molar-refractivity contribution is 5.83. The summed E-state index contributed by atoms with van der Waals surface area (Å²) in [5.74, 6) is 0.752. The molecule has 178 valence electrons. The van der Waals surface area contributed by atoms with E-state index in [0.29, 0.717) is 37.5 Å². The highest BCUT2D eigenvalue weighted by Crippen LogP contribution is 2.57. The molecule has 0 radical (unpaired) electrons. The molecule has 4 rings (SSSR count). The maximum atomic E-state index is 14.2. The van der Waals surface area contributed by atoms with Crippen molar-refractivity contribution in [3.05, 3.63) is 57.6 Å². The summed E-state index contributed by atoms with van der Waals surface area (Å²) < 4.78 is 48.2. The van der Waals surface area contributed by atoms with E-state index < -0.39 is 22.1 Å². The Morgan fingerprint density at radius 2 is 1.82 bits per heavy atom. The standard InChI is InChI=1S/C24H28F3N3O3/c1-16(2)14-28-12-10-23(11-13-28)15-29(18-6-4-5-7-19(18)30(31)32)22-20(33-3)9-8-17(21(22)23)24(25,26)27/h4-9,16H,10-15H2,1-3H3. The molecule has 6 nitrogen and oxygen atoms in total. The quantitative estimate of drug-likeness (QED) is 0.417.